The van der Waals surface area contributed by atoms with Crippen LogP contribution in [0.1, 0.15) is 49.8 Å². The minimum atomic E-state index is -0.928. The summed E-state index contributed by atoms with van der Waals surface area (Å²) >= 11 is 0. The normalized spacial score (nSPS) is 18.6. The maximum atomic E-state index is 14.6. The number of carbonyl (C=O) groups excluding carboxylic acids is 2. The van der Waals surface area contributed by atoms with Crippen molar-refractivity contribution < 1.29 is 19.1 Å². The summed E-state index contributed by atoms with van der Waals surface area (Å²) in [4.78, 5) is 26.9. The van der Waals surface area contributed by atoms with E-state index in [2.05, 4.69) is 6.92 Å². The van der Waals surface area contributed by atoms with E-state index in [0.717, 1.165) is 25.7 Å². The number of carbonyl (C=O) groups is 2. The van der Waals surface area contributed by atoms with Crippen molar-refractivity contribution >= 4 is 17.4 Å². The largest absolute Gasteiger partial charge is 0.507 e. The van der Waals surface area contributed by atoms with Gasteiger partial charge >= 0.3 is 0 Å². The number of aliphatic hydroxyl groups excluding tert-OH is 1. The Labute approximate surface area is 164 Å². The summed E-state index contributed by atoms with van der Waals surface area (Å²) < 4.78 is 14.6. The van der Waals surface area contributed by atoms with Crippen molar-refractivity contribution in [2.75, 3.05) is 6.54 Å². The second kappa shape index (κ2) is 8.83. The third-order valence-electron chi connectivity index (χ3n) is 5.04. The number of hydrogen-bond donors (Lipinski definition) is 1. The molecule has 0 aromatic heterocycles. The zero-order valence-corrected chi connectivity index (χ0v) is 15.9. The van der Waals surface area contributed by atoms with Gasteiger partial charge in [-0.25, -0.2) is 4.39 Å². The molecule has 1 N–H and O–H groups in total. The van der Waals surface area contributed by atoms with E-state index >= 15 is 0 Å². The molecule has 1 aliphatic rings. The zero-order valence-electron chi connectivity index (χ0n) is 15.9. The molecule has 1 atom stereocenters. The summed E-state index contributed by atoms with van der Waals surface area (Å²) in [6.07, 6.45) is 3.71. The van der Waals surface area contributed by atoms with Gasteiger partial charge < -0.3 is 10.0 Å². The monoisotopic (exact) mass is 381 g/mol. The average Bonchev–Trinajstić information content (AvgIpc) is 2.96. The first-order valence-corrected chi connectivity index (χ1v) is 9.64. The number of ketones is 1. The van der Waals surface area contributed by atoms with E-state index in [9.17, 15) is 19.1 Å². The van der Waals surface area contributed by atoms with Crippen LogP contribution in [0.3, 0.4) is 0 Å². The molecule has 4 nitrogen and oxygen atoms in total. The molecule has 146 valence electrons. The van der Waals surface area contributed by atoms with Crippen LogP contribution in [-0.4, -0.2) is 28.2 Å². The van der Waals surface area contributed by atoms with Gasteiger partial charge in [0.05, 0.1) is 11.6 Å². The molecule has 1 heterocycles. The molecule has 0 saturated carbocycles. The first kappa shape index (κ1) is 19.8. The molecule has 0 aliphatic carbocycles. The zero-order chi connectivity index (χ0) is 20.1. The van der Waals surface area contributed by atoms with Crippen LogP contribution in [-0.2, 0) is 9.59 Å². The highest BCUT2D eigenvalue weighted by Crippen LogP contribution is 2.40. The van der Waals surface area contributed by atoms with Gasteiger partial charge in [-0.1, -0.05) is 74.7 Å². The van der Waals surface area contributed by atoms with E-state index in [1.54, 1.807) is 48.5 Å². The van der Waals surface area contributed by atoms with Crippen molar-refractivity contribution in [3.8, 4) is 0 Å². The van der Waals surface area contributed by atoms with Crippen LogP contribution < -0.4 is 0 Å². The number of hydrogen-bond acceptors (Lipinski definition) is 3. The molecule has 1 amide bonds. The molecule has 1 unspecified atom stereocenters. The number of unbranched alkanes of at least 4 members (excludes halogenated alkanes) is 3. The Morgan fingerprint density at radius 3 is 2.36 bits per heavy atom. The maximum absolute atomic E-state index is 14.6. The van der Waals surface area contributed by atoms with Crippen LogP contribution in [0, 0.1) is 5.82 Å². The molecular weight excluding hydrogens is 357 g/mol. The summed E-state index contributed by atoms with van der Waals surface area (Å²) in [5, 5.41) is 10.8. The van der Waals surface area contributed by atoms with Crippen LogP contribution >= 0.6 is 0 Å². The molecule has 2 aromatic carbocycles. The lowest BCUT2D eigenvalue weighted by atomic mass is 9.95. The highest BCUT2D eigenvalue weighted by molar-refractivity contribution is 6.46. The Morgan fingerprint density at radius 2 is 1.68 bits per heavy atom. The number of amides is 1. The van der Waals surface area contributed by atoms with Gasteiger partial charge in [-0.3, -0.25) is 9.59 Å². The second-order valence-corrected chi connectivity index (χ2v) is 6.94. The van der Waals surface area contributed by atoms with Crippen molar-refractivity contribution in [1.82, 2.24) is 4.90 Å². The van der Waals surface area contributed by atoms with Gasteiger partial charge in [0.25, 0.3) is 11.7 Å². The summed E-state index contributed by atoms with van der Waals surface area (Å²) in [5.74, 6) is -2.25. The second-order valence-electron chi connectivity index (χ2n) is 6.94. The Morgan fingerprint density at radius 1 is 1.00 bits per heavy atom. The molecule has 0 radical (unpaired) electrons. The van der Waals surface area contributed by atoms with E-state index in [0.29, 0.717) is 12.1 Å². The number of nitrogens with zero attached hydrogens (tertiary/aromatic N) is 1. The molecule has 0 spiro atoms. The van der Waals surface area contributed by atoms with Gasteiger partial charge in [-0.05, 0) is 12.5 Å². The van der Waals surface area contributed by atoms with Crippen LogP contribution in [0.5, 0.6) is 0 Å². The van der Waals surface area contributed by atoms with Crippen LogP contribution in [0.15, 0.2) is 60.2 Å². The fourth-order valence-corrected chi connectivity index (χ4v) is 3.59. The molecule has 0 bridgehead atoms. The third kappa shape index (κ3) is 3.84. The van der Waals surface area contributed by atoms with Gasteiger partial charge in [0, 0.05) is 17.7 Å². The summed E-state index contributed by atoms with van der Waals surface area (Å²) in [6.45, 7) is 2.43. The Balaban J connectivity index is 2.08. The highest BCUT2D eigenvalue weighted by Gasteiger charge is 2.46. The molecular formula is C23H24FNO3. The van der Waals surface area contributed by atoms with E-state index in [-0.39, 0.29) is 16.9 Å². The molecule has 2 aromatic rings. The molecule has 1 fully saturated rings. The van der Waals surface area contributed by atoms with Crippen LogP contribution in [0.4, 0.5) is 4.39 Å². The number of benzene rings is 2. The summed E-state index contributed by atoms with van der Waals surface area (Å²) in [5.41, 5.74) is 0.583. The van der Waals surface area contributed by atoms with E-state index in [1.807, 2.05) is 0 Å². The highest BCUT2D eigenvalue weighted by atomic mass is 19.1. The van der Waals surface area contributed by atoms with E-state index in [1.165, 1.54) is 11.0 Å². The lowest BCUT2D eigenvalue weighted by Gasteiger charge is -2.25. The quantitative estimate of drug-likeness (QED) is 0.323. The van der Waals surface area contributed by atoms with Gasteiger partial charge in [-0.2, -0.15) is 0 Å². The number of rotatable bonds is 7. The van der Waals surface area contributed by atoms with Crippen LogP contribution in [0.25, 0.3) is 5.76 Å². The summed E-state index contributed by atoms with van der Waals surface area (Å²) in [7, 11) is 0. The Hall–Kier alpha value is -2.95. The lowest BCUT2D eigenvalue weighted by molar-refractivity contribution is -0.140. The van der Waals surface area contributed by atoms with E-state index in [4.69, 9.17) is 0 Å². The minimum absolute atomic E-state index is 0.0585. The SMILES string of the molecule is CCCCCCN1C(=O)C(=O)/C(=C(/O)c2ccccc2)C1c1ccccc1F. The topological polar surface area (TPSA) is 57.6 Å². The number of Topliss-reactive ketones (excluding diaryl/α,β-unsaturated/α-hetero) is 1. The number of aliphatic hydroxyl groups is 1. The first-order valence-electron chi connectivity index (χ1n) is 9.64. The van der Waals surface area contributed by atoms with Crippen molar-refractivity contribution in [2.24, 2.45) is 0 Å². The van der Waals surface area contributed by atoms with E-state index < -0.39 is 23.5 Å². The van der Waals surface area contributed by atoms with Crippen molar-refractivity contribution in [3.05, 3.63) is 77.1 Å². The average molecular weight is 381 g/mol. The van der Waals surface area contributed by atoms with Crippen molar-refractivity contribution in [2.45, 2.75) is 38.6 Å². The van der Waals surface area contributed by atoms with Crippen LogP contribution in [0.2, 0.25) is 0 Å². The Kier molecular flexibility index (Phi) is 6.24. The fraction of sp³-hybridized carbons (Fsp3) is 0.304. The standard InChI is InChI=1S/C23H24FNO3/c1-2-3-4-10-15-25-20(17-13-8-9-14-18(17)24)19(22(27)23(25)28)21(26)16-11-6-5-7-12-16/h5-9,11-14,20,26H,2-4,10,15H2,1H3/b21-19+. The first-order chi connectivity index (χ1) is 13.6. The van der Waals surface area contributed by atoms with Gasteiger partial charge in [-0.15, -0.1) is 0 Å². The minimum Gasteiger partial charge on any atom is -0.507 e. The smallest absolute Gasteiger partial charge is 0.295 e. The number of likely N-dealkylation sites (tertiary alicyclic amines) is 1. The van der Waals surface area contributed by atoms with Crippen molar-refractivity contribution in [3.63, 3.8) is 0 Å². The maximum Gasteiger partial charge on any atom is 0.295 e. The molecule has 28 heavy (non-hydrogen) atoms. The molecule has 3 rings (SSSR count). The lowest BCUT2D eigenvalue weighted by Crippen LogP contribution is -2.31. The molecule has 5 heteroatoms. The van der Waals surface area contributed by atoms with Gasteiger partial charge in [0.2, 0.25) is 0 Å². The predicted molar refractivity (Wildman–Crippen MR) is 106 cm³/mol. The third-order valence-corrected chi connectivity index (χ3v) is 5.04. The number of halogens is 1. The van der Waals surface area contributed by atoms with Crippen molar-refractivity contribution in [1.29, 1.82) is 0 Å². The van der Waals surface area contributed by atoms with Gasteiger partial charge in [0.15, 0.2) is 0 Å². The van der Waals surface area contributed by atoms with Gasteiger partial charge in [0.1, 0.15) is 11.6 Å². The molecule has 1 saturated heterocycles. The Bertz CT molecular complexity index is 892. The summed E-state index contributed by atoms with van der Waals surface area (Å²) in [6, 6.07) is 13.7. The fourth-order valence-electron chi connectivity index (χ4n) is 3.59. The predicted octanol–water partition coefficient (Wildman–Crippen LogP) is 4.83. The molecule has 1 aliphatic heterocycles.